The lowest BCUT2D eigenvalue weighted by molar-refractivity contribution is -0.0140. The van der Waals surface area contributed by atoms with Crippen molar-refractivity contribution >= 4 is 17.0 Å². The van der Waals surface area contributed by atoms with Crippen LogP contribution in [0.3, 0.4) is 0 Å². The third kappa shape index (κ3) is 4.08. The summed E-state index contributed by atoms with van der Waals surface area (Å²) in [4.78, 5) is 17.3. The molecule has 1 aromatic carbocycles. The first kappa shape index (κ1) is 19.5. The van der Waals surface area contributed by atoms with Crippen LogP contribution in [0.1, 0.15) is 28.0 Å². The number of furan rings is 1. The number of amides is 1. The van der Waals surface area contributed by atoms with Gasteiger partial charge in [-0.1, -0.05) is 12.1 Å². The van der Waals surface area contributed by atoms with Gasteiger partial charge in [-0.05, 0) is 36.2 Å². The van der Waals surface area contributed by atoms with E-state index in [4.69, 9.17) is 9.15 Å². The second kappa shape index (κ2) is 8.33. The number of benzene rings is 1. The molecule has 0 aliphatic carbocycles. The minimum atomic E-state index is -0.622. The van der Waals surface area contributed by atoms with Gasteiger partial charge in [-0.25, -0.2) is 9.67 Å². The zero-order valence-corrected chi connectivity index (χ0v) is 16.8. The molecule has 31 heavy (non-hydrogen) atoms. The predicted octanol–water partition coefficient (Wildman–Crippen LogP) is 2.48. The Bertz CT molecular complexity index is 1180. The molecule has 1 amide bonds. The Hall–Kier alpha value is -3.49. The highest BCUT2D eigenvalue weighted by Gasteiger charge is 2.26. The number of nitrogens with zero attached hydrogens (tertiary/aromatic N) is 3. The number of nitrogens with one attached hydrogen (secondary N) is 1. The highest BCUT2D eigenvalue weighted by molar-refractivity contribution is 5.95. The van der Waals surface area contributed by atoms with Gasteiger partial charge in [0.1, 0.15) is 11.2 Å². The Kier molecular flexibility index (Phi) is 5.23. The van der Waals surface area contributed by atoms with Crippen LogP contribution in [0.15, 0.2) is 65.5 Å². The van der Waals surface area contributed by atoms with Crippen LogP contribution >= 0.6 is 0 Å². The van der Waals surface area contributed by atoms with Crippen LogP contribution in [0.5, 0.6) is 0 Å². The third-order valence-electron chi connectivity index (χ3n) is 5.46. The highest BCUT2D eigenvalue weighted by Crippen LogP contribution is 2.23. The first-order valence-electron chi connectivity index (χ1n) is 10.2. The topological polar surface area (TPSA) is 102 Å². The van der Waals surface area contributed by atoms with Gasteiger partial charge in [-0.3, -0.25) is 4.79 Å². The summed E-state index contributed by atoms with van der Waals surface area (Å²) >= 11 is 0. The Labute approximate surface area is 178 Å². The number of aromatic nitrogens is 3. The molecule has 8 heteroatoms. The van der Waals surface area contributed by atoms with Crippen molar-refractivity contribution in [2.24, 2.45) is 0 Å². The van der Waals surface area contributed by atoms with Crippen molar-refractivity contribution in [3.8, 4) is 5.69 Å². The molecule has 2 atom stereocenters. The Balaban J connectivity index is 1.39. The number of aliphatic hydroxyl groups excluding tert-OH is 1. The van der Waals surface area contributed by atoms with Crippen molar-refractivity contribution in [2.75, 3.05) is 13.2 Å². The summed E-state index contributed by atoms with van der Waals surface area (Å²) in [6, 6.07) is 13.0. The number of ether oxygens (including phenoxy) is 1. The van der Waals surface area contributed by atoms with Crippen LogP contribution < -0.4 is 5.32 Å². The Morgan fingerprint density at radius 3 is 2.90 bits per heavy atom. The van der Waals surface area contributed by atoms with Gasteiger partial charge >= 0.3 is 0 Å². The normalized spacial score (nSPS) is 18.9. The van der Waals surface area contributed by atoms with E-state index in [2.05, 4.69) is 15.4 Å². The maximum atomic E-state index is 12.8. The monoisotopic (exact) mass is 418 g/mol. The lowest BCUT2D eigenvalue weighted by Crippen LogP contribution is -2.49. The van der Waals surface area contributed by atoms with E-state index in [9.17, 15) is 9.90 Å². The van der Waals surface area contributed by atoms with Crippen LogP contribution in [0.25, 0.3) is 16.8 Å². The number of carbonyl (C=O) groups excluding carboxylic acids is 1. The molecule has 0 saturated carbocycles. The molecule has 1 aliphatic rings. The van der Waals surface area contributed by atoms with Crippen LogP contribution in [-0.4, -0.2) is 51.1 Å². The molecule has 0 spiro atoms. The largest absolute Gasteiger partial charge is 0.462 e. The van der Waals surface area contributed by atoms with Gasteiger partial charge in [-0.15, -0.1) is 0 Å². The lowest BCUT2D eigenvalue weighted by atomic mass is 10.0. The van der Waals surface area contributed by atoms with Gasteiger partial charge in [0.25, 0.3) is 5.91 Å². The van der Waals surface area contributed by atoms with Crippen LogP contribution in [0.2, 0.25) is 0 Å². The SMILES string of the molecule is O=C(N[C@H]1COCC[C@@H]1O)c1cc(Cc2ccc(-n3cccn3)cc2)c2occc2n1. The number of fused-ring (bicyclic) bond motifs is 1. The summed E-state index contributed by atoms with van der Waals surface area (Å²) in [7, 11) is 0. The number of aliphatic hydroxyl groups is 1. The number of rotatable bonds is 5. The van der Waals surface area contributed by atoms with Gasteiger partial charge in [0.2, 0.25) is 0 Å². The standard InChI is InChI=1S/C23H22N4O4/c28-21-7-10-30-14-20(21)26-23(29)19-13-16(22-18(25-19)6-11-31-22)12-15-2-4-17(5-3-15)27-9-1-8-24-27/h1-6,8-9,11,13,20-21,28H,7,10,12,14H2,(H,26,29)/t20-,21-/m0/s1. The summed E-state index contributed by atoms with van der Waals surface area (Å²) in [5.41, 5.74) is 4.48. The first-order valence-corrected chi connectivity index (χ1v) is 10.2. The number of carbonyl (C=O) groups is 1. The first-order chi connectivity index (χ1) is 15.2. The molecule has 0 bridgehead atoms. The van der Waals surface area contributed by atoms with Gasteiger partial charge in [0.05, 0.1) is 30.7 Å². The molecule has 0 radical (unpaired) electrons. The fourth-order valence-electron chi connectivity index (χ4n) is 3.79. The van der Waals surface area contributed by atoms with E-state index in [-0.39, 0.29) is 18.2 Å². The second-order valence-corrected chi connectivity index (χ2v) is 7.61. The molecular weight excluding hydrogens is 396 g/mol. The van der Waals surface area contributed by atoms with E-state index in [1.807, 2.05) is 36.5 Å². The van der Waals surface area contributed by atoms with Crippen LogP contribution in [0.4, 0.5) is 0 Å². The van der Waals surface area contributed by atoms with Gasteiger partial charge < -0.3 is 19.6 Å². The molecule has 3 aromatic heterocycles. The molecule has 4 aromatic rings. The summed E-state index contributed by atoms with van der Waals surface area (Å²) < 4.78 is 12.8. The summed E-state index contributed by atoms with van der Waals surface area (Å²) in [5, 5.41) is 17.2. The van der Waals surface area contributed by atoms with Crippen molar-refractivity contribution in [3.05, 3.63) is 77.9 Å². The quantitative estimate of drug-likeness (QED) is 0.516. The molecule has 5 rings (SSSR count). The van der Waals surface area contributed by atoms with Gasteiger partial charge in [-0.2, -0.15) is 5.10 Å². The molecule has 1 aliphatic heterocycles. The van der Waals surface area contributed by atoms with Crippen molar-refractivity contribution < 1.29 is 19.1 Å². The minimum Gasteiger partial charge on any atom is -0.462 e. The van der Waals surface area contributed by atoms with E-state index in [0.29, 0.717) is 30.5 Å². The Morgan fingerprint density at radius 2 is 2.13 bits per heavy atom. The molecule has 0 unspecified atom stereocenters. The summed E-state index contributed by atoms with van der Waals surface area (Å²) in [6.07, 6.45) is 5.67. The predicted molar refractivity (Wildman–Crippen MR) is 113 cm³/mol. The van der Waals surface area contributed by atoms with E-state index in [1.165, 1.54) is 0 Å². The minimum absolute atomic E-state index is 0.287. The molecule has 1 saturated heterocycles. The third-order valence-corrected chi connectivity index (χ3v) is 5.46. The number of pyridine rings is 1. The van der Waals surface area contributed by atoms with Crippen LogP contribution in [0, 0.1) is 0 Å². The molecule has 2 N–H and O–H groups in total. The van der Waals surface area contributed by atoms with Crippen molar-refractivity contribution in [3.63, 3.8) is 0 Å². The molecule has 158 valence electrons. The van der Waals surface area contributed by atoms with Crippen molar-refractivity contribution in [1.29, 1.82) is 0 Å². The number of hydrogen-bond acceptors (Lipinski definition) is 6. The van der Waals surface area contributed by atoms with E-state index in [0.717, 1.165) is 16.8 Å². The highest BCUT2D eigenvalue weighted by atomic mass is 16.5. The molecular formula is C23H22N4O4. The van der Waals surface area contributed by atoms with E-state index < -0.39 is 12.1 Å². The summed E-state index contributed by atoms with van der Waals surface area (Å²) in [6.45, 7) is 0.784. The average Bonchev–Trinajstić information content (AvgIpc) is 3.48. The molecule has 4 heterocycles. The molecule has 8 nitrogen and oxygen atoms in total. The number of hydrogen-bond donors (Lipinski definition) is 2. The lowest BCUT2D eigenvalue weighted by Gasteiger charge is -2.28. The summed E-state index contributed by atoms with van der Waals surface area (Å²) in [5.74, 6) is -0.340. The van der Waals surface area contributed by atoms with Crippen molar-refractivity contribution in [2.45, 2.75) is 25.0 Å². The zero-order chi connectivity index (χ0) is 21.2. The fourth-order valence-corrected chi connectivity index (χ4v) is 3.79. The Morgan fingerprint density at radius 1 is 1.26 bits per heavy atom. The second-order valence-electron chi connectivity index (χ2n) is 7.61. The van der Waals surface area contributed by atoms with E-state index >= 15 is 0 Å². The average molecular weight is 418 g/mol. The fraction of sp³-hybridized carbons (Fsp3) is 0.261. The van der Waals surface area contributed by atoms with Gasteiger partial charge in [0, 0.05) is 37.1 Å². The van der Waals surface area contributed by atoms with Crippen LogP contribution in [-0.2, 0) is 11.2 Å². The van der Waals surface area contributed by atoms with Gasteiger partial charge in [0.15, 0.2) is 5.58 Å². The maximum absolute atomic E-state index is 12.8. The smallest absolute Gasteiger partial charge is 0.270 e. The van der Waals surface area contributed by atoms with E-state index in [1.54, 1.807) is 29.3 Å². The zero-order valence-electron chi connectivity index (χ0n) is 16.8. The maximum Gasteiger partial charge on any atom is 0.270 e. The molecule has 1 fully saturated rings. The van der Waals surface area contributed by atoms with Crippen molar-refractivity contribution in [1.82, 2.24) is 20.1 Å².